The maximum absolute atomic E-state index is 13.7. The number of hydrogen-bond acceptors (Lipinski definition) is 3. The number of carbonyl (C=O) groups excluding carboxylic acids is 3. The Morgan fingerprint density at radius 3 is 2.30 bits per heavy atom. The minimum Gasteiger partial charge on any atom is -0.320 e. The maximum atomic E-state index is 13.7. The van der Waals surface area contributed by atoms with E-state index in [2.05, 4.69) is 10.6 Å². The number of para-hydroxylation sites is 1. The van der Waals surface area contributed by atoms with E-state index in [0.717, 1.165) is 24.6 Å². The Bertz CT molecular complexity index is 961. The highest BCUT2D eigenvalue weighted by Gasteiger charge is 2.52. The molecule has 0 radical (unpaired) electrons. The number of nitrogens with zero attached hydrogens (tertiary/aromatic N) is 1. The fourth-order valence-electron chi connectivity index (χ4n) is 3.40. The smallest absolute Gasteiger partial charge is 0.320 e. The fraction of sp³-hybridized carbons (Fsp3) is 0.286. The Hall–Kier alpha value is -3.36. The molecule has 3 rings (SSSR count). The number of amides is 4. The van der Waals surface area contributed by atoms with E-state index in [4.69, 9.17) is 0 Å². The van der Waals surface area contributed by atoms with Crippen LogP contribution in [-0.4, -0.2) is 29.3 Å². The van der Waals surface area contributed by atoms with Gasteiger partial charge >= 0.3 is 6.03 Å². The van der Waals surface area contributed by atoms with Crippen molar-refractivity contribution in [1.82, 2.24) is 10.2 Å². The zero-order valence-corrected chi connectivity index (χ0v) is 16.2. The highest BCUT2D eigenvalue weighted by molar-refractivity contribution is 6.10. The van der Waals surface area contributed by atoms with Crippen molar-refractivity contribution in [2.75, 3.05) is 11.9 Å². The van der Waals surface area contributed by atoms with Crippen molar-refractivity contribution < 1.29 is 27.6 Å². The van der Waals surface area contributed by atoms with Gasteiger partial charge in [0.25, 0.3) is 5.91 Å². The molecule has 2 aromatic carbocycles. The lowest BCUT2D eigenvalue weighted by molar-refractivity contribution is -0.134. The van der Waals surface area contributed by atoms with E-state index in [1.165, 1.54) is 24.3 Å². The van der Waals surface area contributed by atoms with Crippen molar-refractivity contribution >= 4 is 23.5 Å². The van der Waals surface area contributed by atoms with Crippen molar-refractivity contribution in [2.24, 2.45) is 0 Å². The third-order valence-electron chi connectivity index (χ3n) is 4.95. The number of halogens is 3. The number of anilines is 1. The molecule has 1 saturated heterocycles. The molecule has 6 nitrogen and oxygen atoms in total. The first kappa shape index (κ1) is 21.4. The van der Waals surface area contributed by atoms with E-state index in [1.807, 2.05) is 6.92 Å². The van der Waals surface area contributed by atoms with Crippen LogP contribution in [0.1, 0.15) is 31.7 Å². The van der Waals surface area contributed by atoms with Gasteiger partial charge in [0, 0.05) is 0 Å². The summed E-state index contributed by atoms with van der Waals surface area (Å²) in [5.74, 6) is -4.08. The van der Waals surface area contributed by atoms with Crippen LogP contribution in [0, 0.1) is 17.5 Å². The zero-order valence-electron chi connectivity index (χ0n) is 16.2. The summed E-state index contributed by atoms with van der Waals surface area (Å²) < 4.78 is 40.8. The van der Waals surface area contributed by atoms with Crippen LogP contribution in [0.2, 0.25) is 0 Å². The number of imide groups is 1. The molecule has 1 atom stereocenters. The third kappa shape index (κ3) is 4.00. The van der Waals surface area contributed by atoms with Gasteiger partial charge in [-0.3, -0.25) is 14.5 Å². The minimum absolute atomic E-state index is 0.250. The first-order valence-corrected chi connectivity index (χ1v) is 9.42. The Morgan fingerprint density at radius 2 is 1.70 bits per heavy atom. The average Bonchev–Trinajstić information content (AvgIpc) is 2.95. The largest absolute Gasteiger partial charge is 0.325 e. The lowest BCUT2D eigenvalue weighted by Gasteiger charge is -2.27. The SMILES string of the molecule is CCCC[C@@]1(c2ccc(F)cc2)NC(=O)N(CC(=O)Nc2c(F)cccc2F)C1=O. The van der Waals surface area contributed by atoms with Gasteiger partial charge in [-0.2, -0.15) is 0 Å². The molecule has 4 amide bonds. The summed E-state index contributed by atoms with van der Waals surface area (Å²) in [4.78, 5) is 38.7. The lowest BCUT2D eigenvalue weighted by atomic mass is 9.85. The third-order valence-corrected chi connectivity index (χ3v) is 4.95. The van der Waals surface area contributed by atoms with Crippen molar-refractivity contribution in [3.8, 4) is 0 Å². The average molecular weight is 419 g/mol. The summed E-state index contributed by atoms with van der Waals surface area (Å²) in [6.07, 6.45) is 1.57. The Labute approximate surface area is 171 Å². The van der Waals surface area contributed by atoms with E-state index in [1.54, 1.807) is 0 Å². The minimum atomic E-state index is -1.44. The Morgan fingerprint density at radius 1 is 1.07 bits per heavy atom. The highest BCUT2D eigenvalue weighted by atomic mass is 19.1. The molecule has 0 bridgehead atoms. The molecule has 9 heteroatoms. The van der Waals surface area contributed by atoms with E-state index in [9.17, 15) is 27.6 Å². The van der Waals surface area contributed by atoms with Gasteiger partial charge in [0.05, 0.1) is 0 Å². The predicted molar refractivity (Wildman–Crippen MR) is 103 cm³/mol. The van der Waals surface area contributed by atoms with Gasteiger partial charge in [-0.15, -0.1) is 0 Å². The molecule has 0 saturated carbocycles. The van der Waals surface area contributed by atoms with Gasteiger partial charge in [-0.25, -0.2) is 18.0 Å². The molecule has 0 unspecified atom stereocenters. The van der Waals surface area contributed by atoms with E-state index in [0.29, 0.717) is 16.9 Å². The summed E-state index contributed by atoms with van der Waals surface area (Å²) in [7, 11) is 0. The first-order chi connectivity index (χ1) is 14.3. The normalized spacial score (nSPS) is 18.5. The number of nitrogens with one attached hydrogen (secondary N) is 2. The number of rotatable bonds is 7. The van der Waals surface area contributed by atoms with Gasteiger partial charge in [-0.05, 0) is 36.2 Å². The molecular weight excluding hydrogens is 399 g/mol. The number of hydrogen-bond donors (Lipinski definition) is 2. The molecule has 158 valence electrons. The summed E-state index contributed by atoms with van der Waals surface area (Å²) in [5, 5.41) is 4.67. The molecule has 1 heterocycles. The summed E-state index contributed by atoms with van der Waals surface area (Å²) in [6, 6.07) is 7.43. The zero-order chi connectivity index (χ0) is 21.9. The standard InChI is InChI=1S/C21H20F3N3O3/c1-2-3-11-21(13-7-9-14(22)10-8-13)19(29)27(20(30)26-21)12-17(28)25-18-15(23)5-4-6-16(18)24/h4-10H,2-3,11-12H2,1H3,(H,25,28)(H,26,30)/t21-/m0/s1. The van der Waals surface area contributed by atoms with Crippen LogP contribution in [0.4, 0.5) is 23.7 Å². The molecule has 1 aliphatic rings. The van der Waals surface area contributed by atoms with E-state index < -0.39 is 53.1 Å². The van der Waals surface area contributed by atoms with Gasteiger partial charge in [-0.1, -0.05) is 38.0 Å². The molecule has 2 N–H and O–H groups in total. The molecule has 0 spiro atoms. The molecule has 0 aliphatic carbocycles. The second-order valence-electron chi connectivity index (χ2n) is 6.98. The summed E-state index contributed by atoms with van der Waals surface area (Å²) in [5.41, 5.74) is -1.71. The van der Waals surface area contributed by atoms with Crippen LogP contribution in [-0.2, 0) is 15.1 Å². The van der Waals surface area contributed by atoms with Crippen molar-refractivity contribution in [3.63, 3.8) is 0 Å². The summed E-state index contributed by atoms with van der Waals surface area (Å²) >= 11 is 0. The second kappa shape index (κ2) is 8.56. The van der Waals surface area contributed by atoms with Gasteiger partial charge < -0.3 is 10.6 Å². The topological polar surface area (TPSA) is 78.5 Å². The number of carbonyl (C=O) groups is 3. The Balaban J connectivity index is 1.84. The monoisotopic (exact) mass is 419 g/mol. The number of urea groups is 1. The van der Waals surface area contributed by atoms with Crippen molar-refractivity contribution in [2.45, 2.75) is 31.7 Å². The van der Waals surface area contributed by atoms with Crippen molar-refractivity contribution in [1.29, 1.82) is 0 Å². The first-order valence-electron chi connectivity index (χ1n) is 9.42. The number of unbranched alkanes of at least 4 members (excludes halogenated alkanes) is 1. The predicted octanol–water partition coefficient (Wildman–Crippen LogP) is 3.68. The molecular formula is C21H20F3N3O3. The van der Waals surface area contributed by atoms with Crippen LogP contribution < -0.4 is 10.6 Å². The molecule has 1 fully saturated rings. The van der Waals surface area contributed by atoms with Crippen LogP contribution in [0.15, 0.2) is 42.5 Å². The van der Waals surface area contributed by atoms with E-state index >= 15 is 0 Å². The quantitative estimate of drug-likeness (QED) is 0.672. The van der Waals surface area contributed by atoms with Crippen molar-refractivity contribution in [3.05, 3.63) is 65.5 Å². The van der Waals surface area contributed by atoms with Gasteiger partial charge in [0.15, 0.2) is 0 Å². The van der Waals surface area contributed by atoms with Gasteiger partial charge in [0.2, 0.25) is 5.91 Å². The molecule has 30 heavy (non-hydrogen) atoms. The van der Waals surface area contributed by atoms with Crippen LogP contribution in [0.5, 0.6) is 0 Å². The highest BCUT2D eigenvalue weighted by Crippen LogP contribution is 2.34. The second-order valence-corrected chi connectivity index (χ2v) is 6.98. The van der Waals surface area contributed by atoms with Crippen LogP contribution in [0.3, 0.4) is 0 Å². The number of benzene rings is 2. The van der Waals surface area contributed by atoms with Gasteiger partial charge in [0.1, 0.15) is 35.2 Å². The summed E-state index contributed by atoms with van der Waals surface area (Å²) in [6.45, 7) is 1.18. The fourth-order valence-corrected chi connectivity index (χ4v) is 3.40. The molecule has 2 aromatic rings. The lowest BCUT2D eigenvalue weighted by Crippen LogP contribution is -2.44. The molecule has 0 aromatic heterocycles. The molecule has 1 aliphatic heterocycles. The van der Waals surface area contributed by atoms with E-state index in [-0.39, 0.29) is 6.42 Å². The Kier molecular flexibility index (Phi) is 6.09. The maximum Gasteiger partial charge on any atom is 0.325 e. The van der Waals surface area contributed by atoms with Crippen LogP contribution in [0.25, 0.3) is 0 Å². The van der Waals surface area contributed by atoms with Crippen LogP contribution >= 0.6 is 0 Å².